The quantitative estimate of drug-likeness (QED) is 0.451. The second kappa shape index (κ2) is 6.08. The van der Waals surface area contributed by atoms with Crippen molar-refractivity contribution in [1.29, 1.82) is 0 Å². The molecule has 3 rings (SSSR count). The van der Waals surface area contributed by atoms with Crippen LogP contribution in [0.5, 0.6) is 0 Å². The fourth-order valence-corrected chi connectivity index (χ4v) is 3.26. The third-order valence-electron chi connectivity index (χ3n) is 3.59. The third-order valence-corrected chi connectivity index (χ3v) is 4.71. The van der Waals surface area contributed by atoms with Crippen LogP contribution < -0.4 is 5.56 Å². The average molecular weight is 331 g/mol. The molecule has 0 unspecified atom stereocenters. The van der Waals surface area contributed by atoms with Gasteiger partial charge in [0.1, 0.15) is 16.3 Å². The van der Waals surface area contributed by atoms with E-state index in [9.17, 15) is 9.59 Å². The van der Waals surface area contributed by atoms with Gasteiger partial charge in [0.15, 0.2) is 5.16 Å². The number of carbonyl (C=O) groups is 1. The lowest BCUT2D eigenvalue weighted by Gasteiger charge is -2.12. The maximum Gasteiger partial charge on any atom is 0.319 e. The van der Waals surface area contributed by atoms with Gasteiger partial charge < -0.3 is 9.72 Å². The molecule has 7 heteroatoms. The Labute approximate surface area is 136 Å². The standard InChI is InChI=1S/C16H17N3O3S/c1-4-22-15(21)9(2)23-16-18-12-10-7-5-6-8-11(10)17-13(12)14(20)19(16)3/h5-9,17H,4H2,1-3H3/t9-/m1/s1. The van der Waals surface area contributed by atoms with E-state index in [1.54, 1.807) is 20.9 Å². The lowest BCUT2D eigenvalue weighted by atomic mass is 10.2. The Balaban J connectivity index is 2.11. The molecule has 0 aliphatic rings. The van der Waals surface area contributed by atoms with E-state index in [1.807, 2.05) is 24.3 Å². The molecule has 0 amide bonds. The SMILES string of the molecule is CCOC(=O)[C@@H](C)Sc1nc2c([nH]c3ccccc32)c(=O)n1C. The molecule has 0 saturated carbocycles. The van der Waals surface area contributed by atoms with Crippen molar-refractivity contribution in [2.24, 2.45) is 7.05 Å². The molecule has 3 aromatic rings. The molecule has 0 fully saturated rings. The largest absolute Gasteiger partial charge is 0.465 e. The highest BCUT2D eigenvalue weighted by Gasteiger charge is 2.20. The zero-order valence-corrected chi connectivity index (χ0v) is 13.9. The Bertz CT molecular complexity index is 945. The summed E-state index contributed by atoms with van der Waals surface area (Å²) in [6.45, 7) is 3.84. The number of aromatic amines is 1. The first kappa shape index (κ1) is 15.6. The van der Waals surface area contributed by atoms with Crippen LogP contribution in [-0.4, -0.2) is 32.4 Å². The maximum absolute atomic E-state index is 12.6. The highest BCUT2D eigenvalue weighted by atomic mass is 32.2. The Morgan fingerprint density at radius 2 is 2.17 bits per heavy atom. The van der Waals surface area contributed by atoms with Gasteiger partial charge in [-0.3, -0.25) is 14.2 Å². The normalized spacial score (nSPS) is 12.7. The summed E-state index contributed by atoms with van der Waals surface area (Å²) < 4.78 is 6.46. The highest BCUT2D eigenvalue weighted by molar-refractivity contribution is 8.00. The van der Waals surface area contributed by atoms with Crippen LogP contribution >= 0.6 is 11.8 Å². The number of carbonyl (C=O) groups excluding carboxylic acids is 1. The van der Waals surface area contributed by atoms with Gasteiger partial charge >= 0.3 is 5.97 Å². The van der Waals surface area contributed by atoms with Crippen molar-refractivity contribution >= 4 is 39.7 Å². The number of rotatable bonds is 4. The van der Waals surface area contributed by atoms with Crippen LogP contribution in [0.15, 0.2) is 34.2 Å². The van der Waals surface area contributed by atoms with Crippen LogP contribution in [-0.2, 0) is 16.6 Å². The predicted octanol–water partition coefficient (Wildman–Crippen LogP) is 2.46. The lowest BCUT2D eigenvalue weighted by molar-refractivity contribution is -0.142. The van der Waals surface area contributed by atoms with Crippen molar-refractivity contribution in [2.75, 3.05) is 6.61 Å². The van der Waals surface area contributed by atoms with Crippen LogP contribution in [0.3, 0.4) is 0 Å². The molecule has 1 atom stereocenters. The van der Waals surface area contributed by atoms with E-state index in [1.165, 1.54) is 16.3 Å². The van der Waals surface area contributed by atoms with E-state index in [0.717, 1.165) is 10.9 Å². The number of fused-ring (bicyclic) bond motifs is 3. The topological polar surface area (TPSA) is 77.0 Å². The predicted molar refractivity (Wildman–Crippen MR) is 90.8 cm³/mol. The number of benzene rings is 1. The number of hydrogen-bond acceptors (Lipinski definition) is 5. The van der Waals surface area contributed by atoms with Crippen molar-refractivity contribution < 1.29 is 9.53 Å². The molecular formula is C16H17N3O3S. The molecular weight excluding hydrogens is 314 g/mol. The lowest BCUT2D eigenvalue weighted by Crippen LogP contribution is -2.23. The molecule has 2 heterocycles. The average Bonchev–Trinajstić information content (AvgIpc) is 2.91. The second-order valence-corrected chi connectivity index (χ2v) is 6.47. The van der Waals surface area contributed by atoms with Crippen molar-refractivity contribution in [1.82, 2.24) is 14.5 Å². The van der Waals surface area contributed by atoms with Gasteiger partial charge in [0, 0.05) is 18.0 Å². The van der Waals surface area contributed by atoms with Gasteiger partial charge in [0.05, 0.1) is 6.61 Å². The molecule has 0 aliphatic heterocycles. The Morgan fingerprint density at radius 3 is 2.91 bits per heavy atom. The van der Waals surface area contributed by atoms with E-state index in [-0.39, 0.29) is 11.5 Å². The van der Waals surface area contributed by atoms with E-state index in [4.69, 9.17) is 4.74 Å². The van der Waals surface area contributed by atoms with Crippen molar-refractivity contribution in [2.45, 2.75) is 24.3 Å². The van der Waals surface area contributed by atoms with Gasteiger partial charge in [-0.2, -0.15) is 0 Å². The van der Waals surface area contributed by atoms with Crippen LogP contribution in [0, 0.1) is 0 Å². The van der Waals surface area contributed by atoms with E-state index in [2.05, 4.69) is 9.97 Å². The number of aromatic nitrogens is 3. The number of esters is 1. The molecule has 6 nitrogen and oxygen atoms in total. The maximum atomic E-state index is 12.6. The minimum Gasteiger partial charge on any atom is -0.465 e. The van der Waals surface area contributed by atoms with Crippen molar-refractivity contribution in [3.05, 3.63) is 34.6 Å². The molecule has 0 radical (unpaired) electrons. The highest BCUT2D eigenvalue weighted by Crippen LogP contribution is 2.26. The number of ether oxygens (including phenoxy) is 1. The number of nitrogens with zero attached hydrogens (tertiary/aromatic N) is 2. The number of para-hydroxylation sites is 1. The molecule has 23 heavy (non-hydrogen) atoms. The zero-order valence-electron chi connectivity index (χ0n) is 13.1. The molecule has 2 aromatic heterocycles. The first-order chi connectivity index (χ1) is 11.0. The summed E-state index contributed by atoms with van der Waals surface area (Å²) in [6.07, 6.45) is 0. The van der Waals surface area contributed by atoms with Crippen LogP contribution in [0.4, 0.5) is 0 Å². The van der Waals surface area contributed by atoms with Gasteiger partial charge in [-0.15, -0.1) is 0 Å². The van der Waals surface area contributed by atoms with Crippen LogP contribution in [0.1, 0.15) is 13.8 Å². The molecule has 1 aromatic carbocycles. The first-order valence-electron chi connectivity index (χ1n) is 7.33. The summed E-state index contributed by atoms with van der Waals surface area (Å²) in [5.74, 6) is -0.314. The van der Waals surface area contributed by atoms with Gasteiger partial charge in [-0.1, -0.05) is 30.0 Å². The molecule has 0 saturated heterocycles. The van der Waals surface area contributed by atoms with Gasteiger partial charge in [0.25, 0.3) is 5.56 Å². The minimum absolute atomic E-state index is 0.162. The van der Waals surface area contributed by atoms with E-state index >= 15 is 0 Å². The smallest absolute Gasteiger partial charge is 0.319 e. The van der Waals surface area contributed by atoms with Gasteiger partial charge in [-0.25, -0.2) is 4.98 Å². The summed E-state index contributed by atoms with van der Waals surface area (Å²) in [6, 6.07) is 7.64. The zero-order chi connectivity index (χ0) is 16.6. The Morgan fingerprint density at radius 1 is 1.43 bits per heavy atom. The number of hydrogen-bond donors (Lipinski definition) is 1. The molecule has 0 bridgehead atoms. The van der Waals surface area contributed by atoms with Crippen LogP contribution in [0.25, 0.3) is 21.9 Å². The second-order valence-electron chi connectivity index (χ2n) is 5.16. The van der Waals surface area contributed by atoms with E-state index < -0.39 is 5.25 Å². The number of thioether (sulfide) groups is 1. The summed E-state index contributed by atoms with van der Waals surface area (Å²) in [5.41, 5.74) is 1.81. The first-order valence-corrected chi connectivity index (χ1v) is 8.21. The fraction of sp³-hybridized carbons (Fsp3) is 0.312. The molecule has 0 aliphatic carbocycles. The molecule has 120 valence electrons. The van der Waals surface area contributed by atoms with Gasteiger partial charge in [-0.05, 0) is 19.9 Å². The fourth-order valence-electron chi connectivity index (χ4n) is 2.39. The Kier molecular flexibility index (Phi) is 4.12. The summed E-state index contributed by atoms with van der Waals surface area (Å²) in [7, 11) is 1.65. The molecule has 0 spiro atoms. The van der Waals surface area contributed by atoms with E-state index in [0.29, 0.717) is 22.8 Å². The monoisotopic (exact) mass is 331 g/mol. The minimum atomic E-state index is -0.435. The number of nitrogens with one attached hydrogen (secondary N) is 1. The summed E-state index contributed by atoms with van der Waals surface area (Å²) in [4.78, 5) is 32.1. The summed E-state index contributed by atoms with van der Waals surface area (Å²) in [5, 5.41) is 0.953. The van der Waals surface area contributed by atoms with Gasteiger partial charge in [0.2, 0.25) is 0 Å². The van der Waals surface area contributed by atoms with Crippen molar-refractivity contribution in [3.8, 4) is 0 Å². The summed E-state index contributed by atoms with van der Waals surface area (Å²) >= 11 is 1.22. The number of H-pyrrole nitrogens is 1. The van der Waals surface area contributed by atoms with Crippen molar-refractivity contribution in [3.63, 3.8) is 0 Å². The Hall–Kier alpha value is -2.28. The molecule has 1 N–H and O–H groups in total. The van der Waals surface area contributed by atoms with Crippen LogP contribution in [0.2, 0.25) is 0 Å². The third kappa shape index (κ3) is 2.72.